The first-order valence-corrected chi connectivity index (χ1v) is 9.37. The van der Waals surface area contributed by atoms with Gasteiger partial charge >= 0.3 is 0 Å². The van der Waals surface area contributed by atoms with Crippen molar-refractivity contribution in [1.82, 2.24) is 4.31 Å². The lowest BCUT2D eigenvalue weighted by atomic mass is 9.97. The minimum atomic E-state index is -3.15. The molecular formula is C15H21ClN2O3S. The van der Waals surface area contributed by atoms with Crippen LogP contribution in [0.1, 0.15) is 25.3 Å². The van der Waals surface area contributed by atoms with Crippen molar-refractivity contribution in [2.24, 2.45) is 5.92 Å². The van der Waals surface area contributed by atoms with Crippen molar-refractivity contribution in [2.75, 3.05) is 24.2 Å². The Morgan fingerprint density at radius 3 is 2.55 bits per heavy atom. The quantitative estimate of drug-likeness (QED) is 0.913. The van der Waals surface area contributed by atoms with Crippen molar-refractivity contribution in [2.45, 2.75) is 26.7 Å². The van der Waals surface area contributed by atoms with Gasteiger partial charge in [0.15, 0.2) is 0 Å². The van der Waals surface area contributed by atoms with E-state index in [0.717, 1.165) is 11.3 Å². The zero-order chi connectivity index (χ0) is 16.3. The summed E-state index contributed by atoms with van der Waals surface area (Å²) in [5.74, 6) is -0.106. The van der Waals surface area contributed by atoms with Gasteiger partial charge in [0.1, 0.15) is 0 Å². The van der Waals surface area contributed by atoms with E-state index in [1.54, 1.807) is 25.1 Å². The maximum Gasteiger partial charge on any atom is 0.227 e. The third-order valence-electron chi connectivity index (χ3n) is 4.03. The molecule has 1 aromatic rings. The van der Waals surface area contributed by atoms with Gasteiger partial charge in [-0.3, -0.25) is 4.79 Å². The van der Waals surface area contributed by atoms with Crippen molar-refractivity contribution < 1.29 is 13.2 Å². The molecule has 1 saturated heterocycles. The maximum atomic E-state index is 12.3. The molecule has 1 heterocycles. The van der Waals surface area contributed by atoms with Crippen LogP contribution >= 0.6 is 11.6 Å². The van der Waals surface area contributed by atoms with E-state index in [1.807, 2.05) is 6.92 Å². The Morgan fingerprint density at radius 1 is 1.36 bits per heavy atom. The van der Waals surface area contributed by atoms with Gasteiger partial charge < -0.3 is 5.32 Å². The molecule has 0 spiro atoms. The average Bonchev–Trinajstić information content (AvgIpc) is 2.50. The van der Waals surface area contributed by atoms with Gasteiger partial charge in [-0.25, -0.2) is 12.7 Å². The second kappa shape index (κ2) is 6.98. The Morgan fingerprint density at radius 2 is 2.00 bits per heavy atom. The van der Waals surface area contributed by atoms with Crippen LogP contribution in [-0.4, -0.2) is 37.5 Å². The van der Waals surface area contributed by atoms with Crippen molar-refractivity contribution in [3.63, 3.8) is 0 Å². The number of carbonyl (C=O) groups excluding carboxylic acids is 1. The van der Waals surface area contributed by atoms with Crippen LogP contribution in [0.4, 0.5) is 5.69 Å². The molecule has 1 aliphatic rings. The highest BCUT2D eigenvalue weighted by molar-refractivity contribution is 7.89. The number of nitrogens with one attached hydrogen (secondary N) is 1. The highest BCUT2D eigenvalue weighted by atomic mass is 35.5. The molecule has 1 aromatic carbocycles. The van der Waals surface area contributed by atoms with Crippen molar-refractivity contribution in [1.29, 1.82) is 0 Å². The molecule has 0 saturated carbocycles. The van der Waals surface area contributed by atoms with Crippen LogP contribution in [0.15, 0.2) is 18.2 Å². The highest BCUT2D eigenvalue weighted by Gasteiger charge is 2.30. The van der Waals surface area contributed by atoms with Gasteiger partial charge in [0.25, 0.3) is 0 Å². The Labute approximate surface area is 136 Å². The molecule has 1 N–H and O–H groups in total. The SMILES string of the molecule is CCS(=O)(=O)N1CCC(C(=O)Nc2ccc(Cl)cc2C)CC1. The van der Waals surface area contributed by atoms with Crippen molar-refractivity contribution in [3.8, 4) is 0 Å². The van der Waals surface area contributed by atoms with Crippen molar-refractivity contribution in [3.05, 3.63) is 28.8 Å². The fraction of sp³-hybridized carbons (Fsp3) is 0.533. The van der Waals surface area contributed by atoms with E-state index in [-0.39, 0.29) is 17.6 Å². The fourth-order valence-electron chi connectivity index (χ4n) is 2.58. The normalized spacial score (nSPS) is 17.4. The van der Waals surface area contributed by atoms with Crippen LogP contribution < -0.4 is 5.32 Å². The maximum absolute atomic E-state index is 12.3. The molecule has 7 heteroatoms. The number of nitrogens with zero attached hydrogens (tertiary/aromatic N) is 1. The summed E-state index contributed by atoms with van der Waals surface area (Å²) in [5.41, 5.74) is 1.66. The van der Waals surface area contributed by atoms with E-state index in [9.17, 15) is 13.2 Å². The van der Waals surface area contributed by atoms with Crippen LogP contribution in [0.3, 0.4) is 0 Å². The van der Waals surface area contributed by atoms with Crippen LogP contribution in [-0.2, 0) is 14.8 Å². The summed E-state index contributed by atoms with van der Waals surface area (Å²) in [4.78, 5) is 12.3. The summed E-state index contributed by atoms with van der Waals surface area (Å²) in [7, 11) is -3.15. The lowest BCUT2D eigenvalue weighted by molar-refractivity contribution is -0.120. The second-order valence-corrected chi connectivity index (χ2v) is 8.22. The topological polar surface area (TPSA) is 66.5 Å². The molecule has 0 bridgehead atoms. The van der Waals surface area contributed by atoms with Gasteiger partial charge in [0, 0.05) is 29.7 Å². The molecule has 0 radical (unpaired) electrons. The molecule has 0 aliphatic carbocycles. The molecule has 5 nitrogen and oxygen atoms in total. The van der Waals surface area contributed by atoms with Gasteiger partial charge in [-0.15, -0.1) is 0 Å². The first-order chi connectivity index (χ1) is 10.3. The number of halogens is 1. The van der Waals surface area contributed by atoms with Gasteiger partial charge in [-0.1, -0.05) is 11.6 Å². The summed E-state index contributed by atoms with van der Waals surface area (Å²) >= 11 is 5.90. The largest absolute Gasteiger partial charge is 0.326 e. The van der Waals surface area contributed by atoms with E-state index in [4.69, 9.17) is 11.6 Å². The summed E-state index contributed by atoms with van der Waals surface area (Å²) < 4.78 is 25.1. The van der Waals surface area contributed by atoms with Crippen molar-refractivity contribution >= 4 is 33.2 Å². The van der Waals surface area contributed by atoms with E-state index < -0.39 is 10.0 Å². The monoisotopic (exact) mass is 344 g/mol. The van der Waals surface area contributed by atoms with Crippen LogP contribution in [0.5, 0.6) is 0 Å². The number of benzene rings is 1. The summed E-state index contributed by atoms with van der Waals surface area (Å²) in [5, 5.41) is 3.54. The van der Waals surface area contributed by atoms with Gasteiger partial charge in [-0.2, -0.15) is 0 Å². The lowest BCUT2D eigenvalue weighted by Gasteiger charge is -2.30. The Balaban J connectivity index is 1.95. The fourth-order valence-corrected chi connectivity index (χ4v) is 3.94. The number of hydrogen-bond acceptors (Lipinski definition) is 3. The molecule has 22 heavy (non-hydrogen) atoms. The van der Waals surface area contributed by atoms with E-state index in [2.05, 4.69) is 5.32 Å². The number of sulfonamides is 1. The number of piperidine rings is 1. The predicted octanol–water partition coefficient (Wildman–Crippen LogP) is 2.65. The van der Waals surface area contributed by atoms with Crippen LogP contribution in [0.2, 0.25) is 5.02 Å². The molecule has 122 valence electrons. The number of hydrogen-bond donors (Lipinski definition) is 1. The summed E-state index contributed by atoms with van der Waals surface area (Å²) in [6, 6.07) is 5.32. The molecule has 2 rings (SSSR count). The zero-order valence-corrected chi connectivity index (χ0v) is 14.4. The molecule has 1 aliphatic heterocycles. The van der Waals surface area contributed by atoms with Gasteiger partial charge in [0.2, 0.25) is 15.9 Å². The molecule has 0 atom stereocenters. The second-order valence-electron chi connectivity index (χ2n) is 5.52. The molecule has 0 aromatic heterocycles. The number of carbonyl (C=O) groups is 1. The van der Waals surface area contributed by atoms with E-state index >= 15 is 0 Å². The van der Waals surface area contributed by atoms with Crippen LogP contribution in [0.25, 0.3) is 0 Å². The third kappa shape index (κ3) is 4.00. The van der Waals surface area contributed by atoms with E-state index in [1.165, 1.54) is 4.31 Å². The zero-order valence-electron chi connectivity index (χ0n) is 12.8. The Bertz CT molecular complexity index is 653. The average molecular weight is 345 g/mol. The number of aryl methyl sites for hydroxylation is 1. The molecule has 1 fully saturated rings. The summed E-state index contributed by atoms with van der Waals surface area (Å²) in [6.07, 6.45) is 1.11. The number of rotatable bonds is 4. The number of amides is 1. The standard InChI is InChI=1S/C15H21ClN2O3S/c1-3-22(20,21)18-8-6-12(7-9-18)15(19)17-14-5-4-13(16)10-11(14)2/h4-5,10,12H,3,6-9H2,1-2H3,(H,17,19). The summed E-state index contributed by atoms with van der Waals surface area (Å²) in [6.45, 7) is 4.34. The Hall–Kier alpha value is -1.11. The smallest absolute Gasteiger partial charge is 0.227 e. The Kier molecular flexibility index (Phi) is 5.47. The molecule has 1 amide bonds. The first-order valence-electron chi connectivity index (χ1n) is 7.38. The molecule has 0 unspecified atom stereocenters. The van der Waals surface area contributed by atoms with Gasteiger partial charge in [-0.05, 0) is 50.5 Å². The predicted molar refractivity (Wildman–Crippen MR) is 88.6 cm³/mol. The van der Waals surface area contributed by atoms with Gasteiger partial charge in [0.05, 0.1) is 5.75 Å². The molecular weight excluding hydrogens is 324 g/mol. The van der Waals surface area contributed by atoms with Crippen LogP contribution in [0, 0.1) is 12.8 Å². The number of anilines is 1. The van der Waals surface area contributed by atoms with E-state index in [0.29, 0.717) is 31.0 Å². The lowest BCUT2D eigenvalue weighted by Crippen LogP contribution is -2.42. The first kappa shape index (κ1) is 17.2. The third-order valence-corrected chi connectivity index (χ3v) is 6.15. The minimum absolute atomic E-state index is 0.0565. The minimum Gasteiger partial charge on any atom is -0.326 e. The highest BCUT2D eigenvalue weighted by Crippen LogP contribution is 2.24.